The van der Waals surface area contributed by atoms with E-state index in [4.69, 9.17) is 10.1 Å². The standard InChI is InChI=1S/C24H29N3O4S/c25-23(17-6-1-2-7-17)21-9-3-4-10-22(21)27-32(29,30)20-13-11-18(12-14-20)24(28)26-16-19-8-5-15-31-19/h3-4,9-14,17,19,25,27H,1-2,5-8,15-16H2,(H,26,28)/p+1/t19-/m0/s1. The third-order valence-electron chi connectivity index (χ3n) is 6.22. The lowest BCUT2D eigenvalue weighted by Gasteiger charge is -2.14. The Balaban J connectivity index is 1.45. The van der Waals surface area contributed by atoms with Crippen LogP contribution in [0.3, 0.4) is 0 Å². The van der Waals surface area contributed by atoms with E-state index in [9.17, 15) is 13.2 Å². The molecule has 1 atom stereocenters. The van der Waals surface area contributed by atoms with Gasteiger partial charge in [0.15, 0.2) is 5.71 Å². The van der Waals surface area contributed by atoms with Crippen molar-refractivity contribution in [2.45, 2.75) is 49.5 Å². The van der Waals surface area contributed by atoms with E-state index in [1.807, 2.05) is 12.1 Å². The number of hydrogen-bond donors (Lipinski definition) is 3. The van der Waals surface area contributed by atoms with Crippen LogP contribution in [0.5, 0.6) is 0 Å². The highest BCUT2D eigenvalue weighted by molar-refractivity contribution is 7.92. The van der Waals surface area contributed by atoms with Crippen LogP contribution in [0, 0.1) is 5.92 Å². The first-order chi connectivity index (χ1) is 15.4. The normalized spacial score (nSPS) is 19.1. The van der Waals surface area contributed by atoms with E-state index in [2.05, 4.69) is 10.0 Å². The van der Waals surface area contributed by atoms with Gasteiger partial charge in [-0.2, -0.15) is 0 Å². The summed E-state index contributed by atoms with van der Waals surface area (Å²) in [6.07, 6.45) is 6.35. The Morgan fingerprint density at radius 1 is 1.00 bits per heavy atom. The van der Waals surface area contributed by atoms with Crippen LogP contribution < -0.4 is 15.4 Å². The van der Waals surface area contributed by atoms with Gasteiger partial charge in [0.2, 0.25) is 0 Å². The molecule has 170 valence electrons. The Bertz CT molecular complexity index is 1070. The Labute approximate surface area is 189 Å². The first-order valence-electron chi connectivity index (χ1n) is 11.2. The summed E-state index contributed by atoms with van der Waals surface area (Å²) in [6, 6.07) is 13.1. The predicted molar refractivity (Wildman–Crippen MR) is 123 cm³/mol. The average Bonchev–Trinajstić information content (AvgIpc) is 3.52. The van der Waals surface area contributed by atoms with Crippen LogP contribution in [0.4, 0.5) is 5.69 Å². The van der Waals surface area contributed by atoms with Crippen LogP contribution in [-0.4, -0.2) is 39.3 Å². The Hall–Kier alpha value is -2.71. The van der Waals surface area contributed by atoms with Gasteiger partial charge < -0.3 is 10.1 Å². The van der Waals surface area contributed by atoms with Crippen molar-refractivity contribution in [3.8, 4) is 0 Å². The summed E-state index contributed by atoms with van der Waals surface area (Å²) in [5.41, 5.74) is 2.34. The van der Waals surface area contributed by atoms with Gasteiger partial charge in [0.05, 0.1) is 22.3 Å². The van der Waals surface area contributed by atoms with Crippen LogP contribution in [0.1, 0.15) is 54.4 Å². The van der Waals surface area contributed by atoms with Gasteiger partial charge in [-0.05, 0) is 62.1 Å². The maximum absolute atomic E-state index is 13.0. The zero-order valence-corrected chi connectivity index (χ0v) is 18.9. The van der Waals surface area contributed by atoms with Crippen molar-refractivity contribution in [1.29, 1.82) is 0 Å². The summed E-state index contributed by atoms with van der Waals surface area (Å²) in [4.78, 5) is 12.4. The summed E-state index contributed by atoms with van der Waals surface area (Å²) in [6.45, 7) is 1.18. The number of anilines is 1. The predicted octanol–water partition coefficient (Wildman–Crippen LogP) is 2.13. The molecule has 1 saturated carbocycles. The topological polar surface area (TPSA) is 110 Å². The molecular formula is C24H30N3O4S+. The number of amides is 1. The molecule has 1 aliphatic heterocycles. The van der Waals surface area contributed by atoms with Gasteiger partial charge in [-0.3, -0.25) is 14.9 Å². The van der Waals surface area contributed by atoms with Gasteiger partial charge in [0.1, 0.15) is 0 Å². The Morgan fingerprint density at radius 3 is 2.41 bits per heavy atom. The Kier molecular flexibility index (Phi) is 6.91. The van der Waals surface area contributed by atoms with Gasteiger partial charge in [0, 0.05) is 24.6 Å². The molecule has 2 aromatic rings. The first kappa shape index (κ1) is 22.5. The largest absolute Gasteiger partial charge is 0.376 e. The lowest BCUT2D eigenvalue weighted by molar-refractivity contribution is -0.118. The molecule has 0 radical (unpaired) electrons. The molecule has 0 aromatic heterocycles. The van der Waals surface area contributed by atoms with E-state index in [0.29, 0.717) is 17.8 Å². The number of carbonyl (C=O) groups excluding carboxylic acids is 1. The second kappa shape index (κ2) is 9.83. The molecule has 1 heterocycles. The smallest absolute Gasteiger partial charge is 0.261 e. The molecule has 8 heteroatoms. The molecule has 0 unspecified atom stereocenters. The summed E-state index contributed by atoms with van der Waals surface area (Å²) in [7, 11) is -3.83. The number of carbonyl (C=O) groups is 1. The molecule has 0 bridgehead atoms. The highest BCUT2D eigenvalue weighted by atomic mass is 32.2. The molecule has 4 rings (SSSR count). The van der Waals surface area contributed by atoms with Crippen LogP contribution in [0.25, 0.3) is 0 Å². The molecule has 2 aliphatic rings. The van der Waals surface area contributed by atoms with E-state index in [-0.39, 0.29) is 22.8 Å². The fraction of sp³-hybridized carbons (Fsp3) is 0.417. The minimum atomic E-state index is -3.83. The van der Waals surface area contributed by atoms with Crippen molar-refractivity contribution in [2.75, 3.05) is 17.9 Å². The van der Waals surface area contributed by atoms with E-state index >= 15 is 0 Å². The number of hydrogen-bond acceptors (Lipinski definition) is 4. The summed E-state index contributed by atoms with van der Waals surface area (Å²) >= 11 is 0. The van der Waals surface area contributed by atoms with Crippen LogP contribution in [0.2, 0.25) is 0 Å². The fourth-order valence-corrected chi connectivity index (χ4v) is 5.46. The Morgan fingerprint density at radius 2 is 1.72 bits per heavy atom. The quantitative estimate of drug-likeness (QED) is 0.529. The molecule has 2 aromatic carbocycles. The maximum Gasteiger partial charge on any atom is 0.261 e. The number of ether oxygens (including phenoxy) is 1. The maximum atomic E-state index is 13.0. The fourth-order valence-electron chi connectivity index (χ4n) is 4.38. The van der Waals surface area contributed by atoms with E-state index in [0.717, 1.165) is 56.4 Å². The molecule has 1 saturated heterocycles. The molecule has 0 spiro atoms. The first-order valence-corrected chi connectivity index (χ1v) is 12.7. The molecule has 1 aliphatic carbocycles. The van der Waals surface area contributed by atoms with Crippen molar-refractivity contribution < 1.29 is 23.4 Å². The highest BCUT2D eigenvalue weighted by Gasteiger charge is 2.28. The number of benzene rings is 2. The molecule has 7 nitrogen and oxygen atoms in total. The lowest BCUT2D eigenvalue weighted by Crippen LogP contribution is -2.44. The molecule has 1 amide bonds. The molecule has 32 heavy (non-hydrogen) atoms. The van der Waals surface area contributed by atoms with Crippen molar-refractivity contribution >= 4 is 27.3 Å². The second-order valence-corrected chi connectivity index (χ2v) is 10.1. The van der Waals surface area contributed by atoms with Crippen molar-refractivity contribution in [2.24, 2.45) is 5.92 Å². The average molecular weight is 457 g/mol. The number of nitrogens with one attached hydrogen (secondary N) is 2. The zero-order chi connectivity index (χ0) is 22.6. The van der Waals surface area contributed by atoms with E-state index in [1.165, 1.54) is 24.3 Å². The number of nitrogens with two attached hydrogens (primary N) is 1. The SMILES string of the molecule is [NH2+]=C(c1ccccc1NS(=O)(=O)c1ccc(C(=O)NC[C@@H]2CCCO2)cc1)C1CCCC1. The van der Waals surface area contributed by atoms with Crippen molar-refractivity contribution in [3.63, 3.8) is 0 Å². The van der Waals surface area contributed by atoms with Gasteiger partial charge in [-0.1, -0.05) is 25.0 Å². The van der Waals surface area contributed by atoms with Crippen LogP contribution >= 0.6 is 0 Å². The van der Waals surface area contributed by atoms with Gasteiger partial charge in [-0.15, -0.1) is 0 Å². The minimum absolute atomic E-state index is 0.0522. The summed E-state index contributed by atoms with van der Waals surface area (Å²) < 4.78 is 34.2. The second-order valence-electron chi connectivity index (χ2n) is 8.46. The van der Waals surface area contributed by atoms with Gasteiger partial charge in [-0.25, -0.2) is 8.42 Å². The number of rotatable bonds is 8. The van der Waals surface area contributed by atoms with Gasteiger partial charge in [0.25, 0.3) is 15.9 Å². The highest BCUT2D eigenvalue weighted by Crippen LogP contribution is 2.30. The summed E-state index contributed by atoms with van der Waals surface area (Å²) in [5.74, 6) is 0.0368. The van der Waals surface area contributed by atoms with Crippen LogP contribution in [0.15, 0.2) is 53.4 Å². The lowest BCUT2D eigenvalue weighted by atomic mass is 9.94. The van der Waals surface area contributed by atoms with E-state index in [1.54, 1.807) is 12.1 Å². The van der Waals surface area contributed by atoms with Gasteiger partial charge >= 0.3 is 0 Å². The van der Waals surface area contributed by atoms with Crippen molar-refractivity contribution in [1.82, 2.24) is 5.32 Å². The molecule has 2 fully saturated rings. The minimum Gasteiger partial charge on any atom is -0.376 e. The number of sulfonamides is 1. The zero-order valence-electron chi connectivity index (χ0n) is 18.0. The van der Waals surface area contributed by atoms with E-state index < -0.39 is 10.0 Å². The van der Waals surface area contributed by atoms with Crippen molar-refractivity contribution in [3.05, 3.63) is 59.7 Å². The monoisotopic (exact) mass is 456 g/mol. The molecular weight excluding hydrogens is 426 g/mol. The number of para-hydroxylation sites is 1. The third kappa shape index (κ3) is 5.19. The summed E-state index contributed by atoms with van der Waals surface area (Å²) in [5, 5.41) is 9.25. The van der Waals surface area contributed by atoms with Crippen LogP contribution in [-0.2, 0) is 14.8 Å². The third-order valence-corrected chi connectivity index (χ3v) is 7.60. The molecule has 4 N–H and O–H groups in total.